The van der Waals surface area contributed by atoms with Crippen molar-refractivity contribution in [3.8, 4) is 28.0 Å². The minimum atomic E-state index is -0.691. The summed E-state index contributed by atoms with van der Waals surface area (Å²) in [5, 5.41) is 0. The van der Waals surface area contributed by atoms with Crippen LogP contribution in [0.4, 0.5) is 0 Å². The molecule has 0 bridgehead atoms. The summed E-state index contributed by atoms with van der Waals surface area (Å²) in [5.41, 5.74) is 1.21. The number of ether oxygens (including phenoxy) is 2. The number of methoxy groups -OCH3 is 1. The Morgan fingerprint density at radius 3 is 2.03 bits per heavy atom. The summed E-state index contributed by atoms with van der Waals surface area (Å²) in [4.78, 5) is 26.0. The molecule has 0 aliphatic carbocycles. The van der Waals surface area contributed by atoms with E-state index < -0.39 is 17.2 Å². The number of aryl methyl sites for hydroxylation is 1. The molecule has 150 valence electrons. The molecule has 0 spiro atoms. The third-order valence-corrected chi connectivity index (χ3v) is 4.35. The summed E-state index contributed by atoms with van der Waals surface area (Å²) in [6.07, 6.45) is 0. The average Bonchev–Trinajstić information content (AvgIpc) is 2.66. The van der Waals surface area contributed by atoms with E-state index in [-0.39, 0.29) is 11.3 Å². The van der Waals surface area contributed by atoms with Crippen LogP contribution in [0, 0.1) is 6.92 Å². The van der Waals surface area contributed by atoms with Gasteiger partial charge in [0.1, 0.15) is 22.7 Å². The third kappa shape index (κ3) is 4.40. The summed E-state index contributed by atoms with van der Waals surface area (Å²) in [6, 6.07) is 16.3. The lowest BCUT2D eigenvalue weighted by atomic mass is 9.91. The highest BCUT2D eigenvalue weighted by Gasteiger charge is 2.28. The molecular weight excluding hydrogens is 368 g/mol. The maximum atomic E-state index is 13.1. The van der Waals surface area contributed by atoms with Crippen molar-refractivity contribution in [2.24, 2.45) is 0 Å². The van der Waals surface area contributed by atoms with E-state index in [1.54, 1.807) is 46.9 Å². The molecule has 0 saturated carbocycles. The fourth-order valence-corrected chi connectivity index (χ4v) is 3.13. The highest BCUT2D eigenvalue weighted by Crippen LogP contribution is 2.36. The molecule has 29 heavy (non-hydrogen) atoms. The Morgan fingerprint density at radius 1 is 0.897 bits per heavy atom. The molecular formula is C24H24O5. The zero-order valence-corrected chi connectivity index (χ0v) is 17.2. The van der Waals surface area contributed by atoms with E-state index in [0.717, 1.165) is 0 Å². The first kappa shape index (κ1) is 20.4. The Bertz CT molecular complexity index is 1070. The van der Waals surface area contributed by atoms with Crippen molar-refractivity contribution in [3.63, 3.8) is 0 Å². The zero-order valence-electron chi connectivity index (χ0n) is 17.2. The van der Waals surface area contributed by atoms with Crippen LogP contribution in [0.25, 0.3) is 22.3 Å². The highest BCUT2D eigenvalue weighted by atomic mass is 16.6. The van der Waals surface area contributed by atoms with Crippen LogP contribution in [0.5, 0.6) is 5.75 Å². The molecule has 0 aliphatic heterocycles. The molecule has 5 heteroatoms. The van der Waals surface area contributed by atoms with E-state index in [9.17, 15) is 9.59 Å². The summed E-state index contributed by atoms with van der Waals surface area (Å²) in [7, 11) is 1.58. The first-order valence-electron chi connectivity index (χ1n) is 9.32. The molecule has 1 aromatic heterocycles. The van der Waals surface area contributed by atoms with E-state index >= 15 is 0 Å². The largest absolute Gasteiger partial charge is 0.497 e. The van der Waals surface area contributed by atoms with Gasteiger partial charge < -0.3 is 13.9 Å². The van der Waals surface area contributed by atoms with Gasteiger partial charge in [0.25, 0.3) is 0 Å². The fraction of sp³-hybridized carbons (Fsp3) is 0.250. The highest BCUT2D eigenvalue weighted by molar-refractivity contribution is 6.02. The van der Waals surface area contributed by atoms with Gasteiger partial charge in [-0.25, -0.2) is 9.59 Å². The number of hydrogen-bond acceptors (Lipinski definition) is 5. The second kappa shape index (κ2) is 7.95. The van der Waals surface area contributed by atoms with E-state index in [4.69, 9.17) is 13.9 Å². The quantitative estimate of drug-likeness (QED) is 0.568. The van der Waals surface area contributed by atoms with Crippen molar-refractivity contribution in [2.45, 2.75) is 33.3 Å². The molecule has 0 unspecified atom stereocenters. The minimum Gasteiger partial charge on any atom is -0.497 e. The molecule has 0 aliphatic rings. The lowest BCUT2D eigenvalue weighted by molar-refractivity contribution is 0.00666. The van der Waals surface area contributed by atoms with Gasteiger partial charge in [-0.2, -0.15) is 0 Å². The molecule has 0 radical (unpaired) electrons. The van der Waals surface area contributed by atoms with Crippen LogP contribution in [0.1, 0.15) is 36.9 Å². The van der Waals surface area contributed by atoms with Gasteiger partial charge in [-0.1, -0.05) is 42.5 Å². The molecule has 1 heterocycles. The molecule has 0 atom stereocenters. The van der Waals surface area contributed by atoms with Crippen LogP contribution in [-0.4, -0.2) is 18.7 Å². The zero-order chi connectivity index (χ0) is 21.2. The maximum Gasteiger partial charge on any atom is 0.344 e. The number of benzene rings is 2. The van der Waals surface area contributed by atoms with Gasteiger partial charge >= 0.3 is 11.6 Å². The molecule has 0 amide bonds. The molecule has 0 saturated heterocycles. The van der Waals surface area contributed by atoms with Crippen LogP contribution in [0.3, 0.4) is 0 Å². The number of carbonyl (C=O) groups excluding carboxylic acids is 1. The van der Waals surface area contributed by atoms with Gasteiger partial charge in [0.2, 0.25) is 0 Å². The van der Waals surface area contributed by atoms with Crippen LogP contribution < -0.4 is 10.4 Å². The molecule has 5 nitrogen and oxygen atoms in total. The lowest BCUT2D eigenvalue weighted by Gasteiger charge is -2.22. The van der Waals surface area contributed by atoms with Crippen LogP contribution in [0.15, 0.2) is 63.8 Å². The van der Waals surface area contributed by atoms with E-state index in [2.05, 4.69) is 0 Å². The summed E-state index contributed by atoms with van der Waals surface area (Å²) < 4.78 is 16.3. The minimum absolute atomic E-state index is 0.217. The molecule has 0 fully saturated rings. The molecule has 3 rings (SSSR count). The smallest absolute Gasteiger partial charge is 0.344 e. The Balaban J connectivity index is 2.35. The third-order valence-electron chi connectivity index (χ3n) is 4.35. The van der Waals surface area contributed by atoms with Gasteiger partial charge in [0.05, 0.1) is 12.7 Å². The van der Waals surface area contributed by atoms with Gasteiger partial charge in [-0.05, 0) is 51.0 Å². The Hall–Kier alpha value is -3.34. The van der Waals surface area contributed by atoms with Crippen LogP contribution in [-0.2, 0) is 4.74 Å². The predicted octanol–water partition coefficient (Wildman–Crippen LogP) is 5.25. The van der Waals surface area contributed by atoms with Gasteiger partial charge in [0, 0.05) is 5.56 Å². The number of esters is 1. The average molecular weight is 392 g/mol. The SMILES string of the molecule is COc1ccc(-c2c(C(=O)OC(C)(C)C)c(C)oc(=O)c2-c2ccccc2)cc1. The Labute approximate surface area is 169 Å². The topological polar surface area (TPSA) is 65.7 Å². The number of hydrogen-bond donors (Lipinski definition) is 0. The van der Waals surface area contributed by atoms with E-state index in [0.29, 0.717) is 28.0 Å². The van der Waals surface area contributed by atoms with Crippen LogP contribution in [0.2, 0.25) is 0 Å². The van der Waals surface area contributed by atoms with Gasteiger partial charge in [-0.15, -0.1) is 0 Å². The van der Waals surface area contributed by atoms with Crippen molar-refractivity contribution in [1.29, 1.82) is 0 Å². The first-order chi connectivity index (χ1) is 13.7. The fourth-order valence-electron chi connectivity index (χ4n) is 3.13. The standard InChI is InChI=1S/C24H24O5/c1-15-19(23(26)29-24(2,3)4)20(17-11-13-18(27-5)14-12-17)21(22(25)28-15)16-9-7-6-8-10-16/h6-14H,1-5H3. The maximum absolute atomic E-state index is 13.1. The van der Waals surface area contributed by atoms with Gasteiger partial charge in [-0.3, -0.25) is 0 Å². The molecule has 0 N–H and O–H groups in total. The Kier molecular flexibility index (Phi) is 5.59. The predicted molar refractivity (Wildman–Crippen MR) is 112 cm³/mol. The molecule has 3 aromatic rings. The van der Waals surface area contributed by atoms with E-state index in [1.165, 1.54) is 0 Å². The normalized spacial score (nSPS) is 11.2. The second-order valence-electron chi connectivity index (χ2n) is 7.67. The first-order valence-corrected chi connectivity index (χ1v) is 9.32. The molecule has 2 aromatic carbocycles. The Morgan fingerprint density at radius 2 is 1.48 bits per heavy atom. The number of rotatable bonds is 4. The number of carbonyl (C=O) groups is 1. The van der Waals surface area contributed by atoms with Crippen molar-refractivity contribution in [2.75, 3.05) is 7.11 Å². The second-order valence-corrected chi connectivity index (χ2v) is 7.67. The van der Waals surface area contributed by atoms with Crippen LogP contribution >= 0.6 is 0 Å². The van der Waals surface area contributed by atoms with Crippen molar-refractivity contribution in [1.82, 2.24) is 0 Å². The van der Waals surface area contributed by atoms with Crippen molar-refractivity contribution >= 4 is 5.97 Å². The summed E-state index contributed by atoms with van der Waals surface area (Å²) >= 11 is 0. The van der Waals surface area contributed by atoms with Crippen molar-refractivity contribution in [3.05, 3.63) is 76.3 Å². The summed E-state index contributed by atoms with van der Waals surface area (Å²) in [6.45, 7) is 6.99. The van der Waals surface area contributed by atoms with E-state index in [1.807, 2.05) is 42.5 Å². The summed E-state index contributed by atoms with van der Waals surface area (Å²) in [5.74, 6) is 0.352. The van der Waals surface area contributed by atoms with Crippen molar-refractivity contribution < 1.29 is 18.7 Å². The monoisotopic (exact) mass is 392 g/mol. The lowest BCUT2D eigenvalue weighted by Crippen LogP contribution is -2.25. The van der Waals surface area contributed by atoms with Gasteiger partial charge in [0.15, 0.2) is 0 Å².